The molecule has 0 N–H and O–H groups in total. The van der Waals surface area contributed by atoms with Crippen LogP contribution in [0.15, 0.2) is 53.7 Å². The second kappa shape index (κ2) is 5.67. The minimum Gasteiger partial charge on any atom is -0.317 e. The van der Waals surface area contributed by atoms with Crippen LogP contribution in [0.1, 0.15) is 31.7 Å². The van der Waals surface area contributed by atoms with E-state index >= 15 is 0 Å². The van der Waals surface area contributed by atoms with Crippen LogP contribution in [0.5, 0.6) is 0 Å². The van der Waals surface area contributed by atoms with Gasteiger partial charge in [-0.15, -0.1) is 0 Å². The smallest absolute Gasteiger partial charge is 0.269 e. The highest BCUT2D eigenvalue weighted by molar-refractivity contribution is 7.90. The molecule has 6 nitrogen and oxygen atoms in total. The van der Waals surface area contributed by atoms with E-state index in [2.05, 4.69) is 20.9 Å². The van der Waals surface area contributed by atoms with Crippen molar-refractivity contribution >= 4 is 32.1 Å². The molecule has 2 bridgehead atoms. The molecule has 4 aromatic rings. The molecule has 28 heavy (non-hydrogen) atoms. The molecule has 2 aliphatic rings. The standard InChI is InChI=1S/C21H19N4O2S/c26-28(27,16-4-2-1-3-5-16)25-9-8-17-20-18(12-22-21(17)25)23-13-24(20)19-11-14-6-7-15(19)10-14/h1-5,8-9,12,14-15,19H,6-7,10-11H2. The van der Waals surface area contributed by atoms with Crippen LogP contribution in [0.3, 0.4) is 0 Å². The Morgan fingerprint density at radius 3 is 2.68 bits per heavy atom. The monoisotopic (exact) mass is 391 g/mol. The molecule has 6 rings (SSSR count). The highest BCUT2D eigenvalue weighted by Crippen LogP contribution is 2.51. The second-order valence-corrected chi connectivity index (χ2v) is 9.80. The number of nitrogens with zero attached hydrogens (tertiary/aromatic N) is 4. The van der Waals surface area contributed by atoms with Crippen molar-refractivity contribution in [3.8, 4) is 0 Å². The molecule has 141 valence electrons. The van der Waals surface area contributed by atoms with E-state index in [1.807, 2.05) is 6.07 Å². The Labute approximate surface area is 162 Å². The van der Waals surface area contributed by atoms with Crippen molar-refractivity contribution in [2.75, 3.05) is 0 Å². The first-order valence-corrected chi connectivity index (χ1v) is 11.1. The highest BCUT2D eigenvalue weighted by atomic mass is 32.2. The third kappa shape index (κ3) is 2.16. The number of benzene rings is 1. The van der Waals surface area contributed by atoms with Crippen molar-refractivity contribution < 1.29 is 8.42 Å². The minimum atomic E-state index is -3.70. The maximum absolute atomic E-state index is 13.1. The van der Waals surface area contributed by atoms with Crippen molar-refractivity contribution in [2.45, 2.75) is 36.6 Å². The fourth-order valence-electron chi connectivity index (χ4n) is 5.20. The van der Waals surface area contributed by atoms with E-state index in [0.717, 1.165) is 22.3 Å². The Balaban J connectivity index is 1.55. The lowest BCUT2D eigenvalue weighted by atomic mass is 9.95. The molecule has 3 unspecified atom stereocenters. The zero-order valence-electron chi connectivity index (χ0n) is 15.2. The lowest BCUT2D eigenvalue weighted by molar-refractivity contribution is 0.335. The molecule has 2 fully saturated rings. The van der Waals surface area contributed by atoms with E-state index in [4.69, 9.17) is 0 Å². The van der Waals surface area contributed by atoms with Crippen molar-refractivity contribution in [2.24, 2.45) is 11.8 Å². The summed E-state index contributed by atoms with van der Waals surface area (Å²) in [4.78, 5) is 9.13. The number of aromatic nitrogens is 4. The molecule has 1 aromatic carbocycles. The zero-order chi connectivity index (χ0) is 18.9. The predicted molar refractivity (Wildman–Crippen MR) is 105 cm³/mol. The lowest BCUT2D eigenvalue weighted by Crippen LogP contribution is -2.15. The van der Waals surface area contributed by atoms with E-state index in [1.54, 1.807) is 42.7 Å². The number of fused-ring (bicyclic) bond motifs is 5. The summed E-state index contributed by atoms with van der Waals surface area (Å²) in [5, 5.41) is 0.813. The molecule has 0 aliphatic heterocycles. The van der Waals surface area contributed by atoms with E-state index < -0.39 is 10.0 Å². The normalized spacial score (nSPS) is 24.5. The number of hydrogen-bond donors (Lipinski definition) is 0. The fourth-order valence-corrected chi connectivity index (χ4v) is 6.52. The van der Waals surface area contributed by atoms with Gasteiger partial charge in [0.1, 0.15) is 5.52 Å². The topological polar surface area (TPSA) is 69.8 Å². The van der Waals surface area contributed by atoms with Gasteiger partial charge < -0.3 is 4.57 Å². The number of imidazole rings is 1. The van der Waals surface area contributed by atoms with Crippen LogP contribution < -0.4 is 0 Å². The third-order valence-corrected chi connectivity index (χ3v) is 8.17. The minimum absolute atomic E-state index is 0.252. The summed E-state index contributed by atoms with van der Waals surface area (Å²) in [6.45, 7) is 0. The van der Waals surface area contributed by atoms with Crippen LogP contribution in [0.25, 0.3) is 22.1 Å². The van der Waals surface area contributed by atoms with Gasteiger partial charge in [0.15, 0.2) is 12.0 Å². The predicted octanol–water partition coefficient (Wildman–Crippen LogP) is 3.78. The Morgan fingerprint density at radius 2 is 1.93 bits per heavy atom. The SMILES string of the molecule is O=S(=O)(c1ccccc1)n1ccc2c3c(cnc21)n[c]n3C1CC2CCC1C2. The molecule has 1 radical (unpaired) electrons. The highest BCUT2D eigenvalue weighted by Gasteiger charge is 2.41. The number of rotatable bonds is 3. The molecule has 7 heteroatoms. The molecule has 2 saturated carbocycles. The lowest BCUT2D eigenvalue weighted by Gasteiger charge is -2.23. The van der Waals surface area contributed by atoms with Gasteiger partial charge in [-0.1, -0.05) is 24.6 Å². The molecule has 0 spiro atoms. The van der Waals surface area contributed by atoms with Crippen LogP contribution in [0.4, 0.5) is 0 Å². The first-order valence-electron chi connectivity index (χ1n) is 9.69. The van der Waals surface area contributed by atoms with Crippen molar-refractivity contribution in [1.82, 2.24) is 18.5 Å². The summed E-state index contributed by atoms with van der Waals surface area (Å²) >= 11 is 0. The molecule has 0 amide bonds. The van der Waals surface area contributed by atoms with Crippen LogP contribution in [0, 0.1) is 18.2 Å². The third-order valence-electron chi connectivity index (χ3n) is 6.48. The average Bonchev–Trinajstić information content (AvgIpc) is 3.49. The Hall–Kier alpha value is -2.67. The molecule has 3 atom stereocenters. The van der Waals surface area contributed by atoms with Gasteiger partial charge in [0.05, 0.1) is 16.6 Å². The zero-order valence-corrected chi connectivity index (χ0v) is 16.0. The van der Waals surface area contributed by atoms with Crippen molar-refractivity contribution in [3.63, 3.8) is 0 Å². The molecular formula is C21H19N4O2S. The van der Waals surface area contributed by atoms with E-state index in [0.29, 0.717) is 17.6 Å². The van der Waals surface area contributed by atoms with Gasteiger partial charge in [-0.2, -0.15) is 0 Å². The maximum Gasteiger partial charge on any atom is 0.269 e. The maximum atomic E-state index is 13.1. The van der Waals surface area contributed by atoms with E-state index in [9.17, 15) is 8.42 Å². The molecule has 3 aromatic heterocycles. The van der Waals surface area contributed by atoms with Crippen LogP contribution in [-0.2, 0) is 10.0 Å². The van der Waals surface area contributed by atoms with Gasteiger partial charge in [0.25, 0.3) is 10.0 Å². The van der Waals surface area contributed by atoms with E-state index in [1.165, 1.54) is 29.7 Å². The van der Waals surface area contributed by atoms with Crippen molar-refractivity contribution in [1.29, 1.82) is 0 Å². The van der Waals surface area contributed by atoms with Crippen LogP contribution >= 0.6 is 0 Å². The first-order chi connectivity index (χ1) is 13.6. The first kappa shape index (κ1) is 16.3. The summed E-state index contributed by atoms with van der Waals surface area (Å²) in [5.41, 5.74) is 2.16. The summed E-state index contributed by atoms with van der Waals surface area (Å²) in [7, 11) is -3.70. The number of pyridine rings is 1. The summed E-state index contributed by atoms with van der Waals surface area (Å²) in [6, 6.07) is 10.7. The molecule has 2 aliphatic carbocycles. The molecule has 3 heterocycles. The van der Waals surface area contributed by atoms with Crippen LogP contribution in [0.2, 0.25) is 0 Å². The van der Waals surface area contributed by atoms with Crippen molar-refractivity contribution in [3.05, 3.63) is 55.1 Å². The van der Waals surface area contributed by atoms with E-state index in [-0.39, 0.29) is 4.90 Å². The van der Waals surface area contributed by atoms with Gasteiger partial charge in [-0.3, -0.25) is 0 Å². The van der Waals surface area contributed by atoms with Gasteiger partial charge in [0.2, 0.25) is 0 Å². The van der Waals surface area contributed by atoms with Gasteiger partial charge in [-0.25, -0.2) is 22.4 Å². The number of hydrogen-bond acceptors (Lipinski definition) is 4. The second-order valence-electron chi connectivity index (χ2n) is 7.98. The summed E-state index contributed by atoms with van der Waals surface area (Å²) < 4.78 is 29.7. The quantitative estimate of drug-likeness (QED) is 0.533. The average molecular weight is 391 g/mol. The van der Waals surface area contributed by atoms with Crippen LogP contribution in [-0.4, -0.2) is 26.9 Å². The molecule has 0 saturated heterocycles. The Kier molecular flexibility index (Phi) is 3.30. The van der Waals surface area contributed by atoms with Gasteiger partial charge in [-0.05, 0) is 49.3 Å². The van der Waals surface area contributed by atoms with Gasteiger partial charge in [0, 0.05) is 17.6 Å². The Bertz CT molecular complexity index is 1310. The fraction of sp³-hybridized carbons (Fsp3) is 0.333. The summed E-state index contributed by atoms with van der Waals surface area (Å²) in [5.74, 6) is 1.48. The Morgan fingerprint density at radius 1 is 1.07 bits per heavy atom. The molecular weight excluding hydrogens is 372 g/mol. The largest absolute Gasteiger partial charge is 0.317 e. The summed E-state index contributed by atoms with van der Waals surface area (Å²) in [6.07, 6.45) is 11.5. The van der Waals surface area contributed by atoms with Gasteiger partial charge >= 0.3 is 0 Å².